The normalized spacial score (nSPS) is 11.8. The van der Waals surface area contributed by atoms with Crippen molar-refractivity contribution in [2.24, 2.45) is 10.7 Å². The molecule has 0 bridgehead atoms. The van der Waals surface area contributed by atoms with Crippen molar-refractivity contribution in [2.45, 2.75) is 6.92 Å². The molecule has 1 rings (SSSR count). The molecule has 0 atom stereocenters. The Hall–Kier alpha value is -0.540. The number of rotatable bonds is 1. The molecule has 0 saturated carbocycles. The number of nitrogens with zero attached hydrogens (tertiary/aromatic N) is 1. The summed E-state index contributed by atoms with van der Waals surface area (Å²) in [6.07, 6.45) is 0. The van der Waals surface area contributed by atoms with E-state index in [1.165, 1.54) is 0 Å². The van der Waals surface area contributed by atoms with Crippen LogP contribution in [0.1, 0.15) is 6.92 Å². The molecular weight excluding hydrogens is 239 g/mol. The molecule has 2 N–H and O–H groups in total. The fraction of sp³-hybridized carbons (Fsp3) is 0.125. The van der Waals surface area contributed by atoms with Gasteiger partial charge in [0.25, 0.3) is 0 Å². The standard InChI is InChI=1S/C8H8BrClN2/c1-5(11)12-8-6(9)3-2-4-7(8)10/h2-4H,1H3,(H2,11,12). The molecule has 2 nitrogen and oxygen atoms in total. The van der Waals surface area contributed by atoms with Gasteiger partial charge in [-0.05, 0) is 35.0 Å². The number of hydrogen-bond donors (Lipinski definition) is 1. The van der Waals surface area contributed by atoms with Crippen LogP contribution < -0.4 is 5.73 Å². The first-order chi connectivity index (χ1) is 5.61. The average molecular weight is 248 g/mol. The minimum Gasteiger partial charge on any atom is -0.387 e. The Balaban J connectivity index is 3.22. The Kier molecular flexibility index (Phi) is 3.12. The Morgan fingerprint density at radius 2 is 2.25 bits per heavy atom. The predicted octanol–water partition coefficient (Wildman–Crippen LogP) is 3.11. The zero-order chi connectivity index (χ0) is 9.14. The Morgan fingerprint density at radius 1 is 1.58 bits per heavy atom. The molecule has 0 aromatic heterocycles. The van der Waals surface area contributed by atoms with Crippen molar-refractivity contribution in [1.82, 2.24) is 0 Å². The molecule has 1 aromatic carbocycles. The molecule has 0 aliphatic heterocycles. The second kappa shape index (κ2) is 3.92. The topological polar surface area (TPSA) is 38.4 Å². The smallest absolute Gasteiger partial charge is 0.0978 e. The molecule has 0 aliphatic carbocycles. The molecule has 0 aliphatic rings. The summed E-state index contributed by atoms with van der Waals surface area (Å²) in [7, 11) is 0. The van der Waals surface area contributed by atoms with Gasteiger partial charge in [0.2, 0.25) is 0 Å². The Bertz CT molecular complexity index is 299. The van der Waals surface area contributed by atoms with E-state index in [0.29, 0.717) is 16.5 Å². The number of halogens is 2. The molecule has 12 heavy (non-hydrogen) atoms. The van der Waals surface area contributed by atoms with Crippen LogP contribution in [-0.4, -0.2) is 5.84 Å². The summed E-state index contributed by atoms with van der Waals surface area (Å²) in [5.41, 5.74) is 6.11. The number of hydrogen-bond acceptors (Lipinski definition) is 1. The number of amidine groups is 1. The monoisotopic (exact) mass is 246 g/mol. The van der Waals surface area contributed by atoms with Gasteiger partial charge in [0.05, 0.1) is 16.5 Å². The third-order valence-electron chi connectivity index (χ3n) is 1.23. The first kappa shape index (κ1) is 9.55. The van der Waals surface area contributed by atoms with E-state index >= 15 is 0 Å². The van der Waals surface area contributed by atoms with Crippen LogP contribution in [0.3, 0.4) is 0 Å². The number of nitrogens with two attached hydrogens (primary N) is 1. The summed E-state index contributed by atoms with van der Waals surface area (Å²) in [6, 6.07) is 5.49. The minimum absolute atomic E-state index is 0.490. The molecule has 0 spiro atoms. The van der Waals surface area contributed by atoms with Crippen molar-refractivity contribution in [3.63, 3.8) is 0 Å². The predicted molar refractivity (Wildman–Crippen MR) is 56.1 cm³/mol. The lowest BCUT2D eigenvalue weighted by Gasteiger charge is -2.00. The van der Waals surface area contributed by atoms with Crippen molar-refractivity contribution in [2.75, 3.05) is 0 Å². The molecule has 64 valence electrons. The quantitative estimate of drug-likeness (QED) is 0.601. The van der Waals surface area contributed by atoms with E-state index in [9.17, 15) is 0 Å². The van der Waals surface area contributed by atoms with Gasteiger partial charge in [-0.25, -0.2) is 4.99 Å². The van der Waals surface area contributed by atoms with Crippen LogP contribution in [0.2, 0.25) is 5.02 Å². The lowest BCUT2D eigenvalue weighted by atomic mass is 10.3. The van der Waals surface area contributed by atoms with Crippen LogP contribution in [0.25, 0.3) is 0 Å². The first-order valence-corrected chi connectivity index (χ1v) is 4.53. The minimum atomic E-state index is 0.490. The van der Waals surface area contributed by atoms with E-state index in [1.54, 1.807) is 13.0 Å². The Morgan fingerprint density at radius 3 is 2.75 bits per heavy atom. The van der Waals surface area contributed by atoms with Crippen molar-refractivity contribution in [1.29, 1.82) is 0 Å². The van der Waals surface area contributed by atoms with Gasteiger partial charge in [0.15, 0.2) is 0 Å². The van der Waals surface area contributed by atoms with Crippen LogP contribution >= 0.6 is 27.5 Å². The highest BCUT2D eigenvalue weighted by atomic mass is 79.9. The van der Waals surface area contributed by atoms with Crippen LogP contribution in [0.15, 0.2) is 27.7 Å². The van der Waals surface area contributed by atoms with Crippen molar-refractivity contribution >= 4 is 39.1 Å². The van der Waals surface area contributed by atoms with Crippen molar-refractivity contribution < 1.29 is 0 Å². The lowest BCUT2D eigenvalue weighted by Crippen LogP contribution is -2.03. The van der Waals surface area contributed by atoms with Gasteiger partial charge in [0, 0.05) is 4.47 Å². The maximum Gasteiger partial charge on any atom is 0.0978 e. The van der Waals surface area contributed by atoms with Gasteiger partial charge in [-0.1, -0.05) is 17.7 Å². The first-order valence-electron chi connectivity index (χ1n) is 3.36. The summed E-state index contributed by atoms with van der Waals surface area (Å²) in [4.78, 5) is 4.07. The lowest BCUT2D eigenvalue weighted by molar-refractivity contribution is 1.43. The van der Waals surface area contributed by atoms with E-state index in [-0.39, 0.29) is 0 Å². The highest BCUT2D eigenvalue weighted by molar-refractivity contribution is 9.10. The van der Waals surface area contributed by atoms with E-state index in [0.717, 1.165) is 4.47 Å². The number of aliphatic imine (C=N–C) groups is 1. The summed E-state index contributed by atoms with van der Waals surface area (Å²) in [6.45, 7) is 1.72. The zero-order valence-corrected chi connectivity index (χ0v) is 8.85. The molecule has 0 amide bonds. The SMILES string of the molecule is CC(N)=Nc1c(Cl)cccc1Br. The van der Waals surface area contributed by atoms with E-state index < -0.39 is 0 Å². The second-order valence-corrected chi connectivity index (χ2v) is 3.58. The molecule has 0 unspecified atom stereocenters. The highest BCUT2D eigenvalue weighted by Gasteiger charge is 2.02. The van der Waals surface area contributed by atoms with Gasteiger partial charge >= 0.3 is 0 Å². The molecule has 1 aromatic rings. The van der Waals surface area contributed by atoms with Gasteiger partial charge < -0.3 is 5.73 Å². The maximum atomic E-state index is 5.88. The van der Waals surface area contributed by atoms with Crippen LogP contribution in [0.4, 0.5) is 5.69 Å². The van der Waals surface area contributed by atoms with Crippen molar-refractivity contribution in [3.8, 4) is 0 Å². The largest absolute Gasteiger partial charge is 0.387 e. The summed E-state index contributed by atoms with van der Waals surface area (Å²) in [5.74, 6) is 0.490. The number of para-hydroxylation sites is 1. The van der Waals surface area contributed by atoms with Gasteiger partial charge in [0.1, 0.15) is 0 Å². The fourth-order valence-corrected chi connectivity index (χ4v) is 1.56. The third-order valence-corrected chi connectivity index (χ3v) is 2.17. The van der Waals surface area contributed by atoms with Gasteiger partial charge in [-0.15, -0.1) is 0 Å². The second-order valence-electron chi connectivity index (χ2n) is 2.32. The van der Waals surface area contributed by atoms with Gasteiger partial charge in [-0.3, -0.25) is 0 Å². The molecule has 0 saturated heterocycles. The maximum absolute atomic E-state index is 5.88. The van der Waals surface area contributed by atoms with Crippen molar-refractivity contribution in [3.05, 3.63) is 27.7 Å². The molecule has 4 heteroatoms. The van der Waals surface area contributed by atoms with Crippen LogP contribution in [-0.2, 0) is 0 Å². The van der Waals surface area contributed by atoms with Crippen LogP contribution in [0.5, 0.6) is 0 Å². The fourth-order valence-electron chi connectivity index (χ4n) is 0.772. The summed E-state index contributed by atoms with van der Waals surface area (Å²) >= 11 is 9.21. The highest BCUT2D eigenvalue weighted by Crippen LogP contribution is 2.32. The van der Waals surface area contributed by atoms with E-state index in [1.807, 2.05) is 12.1 Å². The average Bonchev–Trinajstić information content (AvgIpc) is 1.97. The molecular formula is C8H8BrClN2. The summed E-state index contributed by atoms with van der Waals surface area (Å²) in [5, 5.41) is 0.592. The number of benzene rings is 1. The Labute approximate surface area is 84.6 Å². The van der Waals surface area contributed by atoms with E-state index in [2.05, 4.69) is 20.9 Å². The summed E-state index contributed by atoms with van der Waals surface area (Å²) < 4.78 is 0.847. The zero-order valence-electron chi connectivity index (χ0n) is 6.51. The van der Waals surface area contributed by atoms with E-state index in [4.69, 9.17) is 17.3 Å². The molecule has 0 radical (unpaired) electrons. The third kappa shape index (κ3) is 2.22. The molecule has 0 fully saturated rings. The van der Waals surface area contributed by atoms with Crippen LogP contribution in [0, 0.1) is 0 Å². The van der Waals surface area contributed by atoms with Gasteiger partial charge in [-0.2, -0.15) is 0 Å². The molecule has 0 heterocycles.